The molecule has 96 valence electrons. The number of aryl methyl sites for hydroxylation is 1. The molecule has 5 nitrogen and oxygen atoms in total. The van der Waals surface area contributed by atoms with Crippen molar-refractivity contribution >= 4 is 21.8 Å². The summed E-state index contributed by atoms with van der Waals surface area (Å²) < 4.78 is 27.5. The summed E-state index contributed by atoms with van der Waals surface area (Å²) in [7, 11) is -1.71. The van der Waals surface area contributed by atoms with Gasteiger partial charge in [-0.25, -0.2) is 13.1 Å². The van der Waals surface area contributed by atoms with E-state index in [1.807, 2.05) is 19.1 Å². The van der Waals surface area contributed by atoms with Gasteiger partial charge in [0.15, 0.2) is 0 Å². The first-order valence-corrected chi connectivity index (χ1v) is 7.87. The lowest BCUT2D eigenvalue weighted by Gasteiger charge is -2.03. The van der Waals surface area contributed by atoms with E-state index in [-0.39, 0.29) is 4.90 Å². The Hall–Kier alpha value is -0.790. The third-order valence-corrected chi connectivity index (χ3v) is 4.32. The lowest BCUT2D eigenvalue weighted by molar-refractivity contribution is 0.584. The van der Waals surface area contributed by atoms with E-state index in [0.717, 1.165) is 11.5 Å². The summed E-state index contributed by atoms with van der Waals surface area (Å²) in [5, 5.41) is 3.83. The normalized spacial score (nSPS) is 12.4. The van der Waals surface area contributed by atoms with Crippen LogP contribution in [0, 0.1) is 0 Å². The van der Waals surface area contributed by atoms with Crippen LogP contribution in [0.25, 0.3) is 0 Å². The van der Waals surface area contributed by atoms with Crippen LogP contribution < -0.4 is 4.72 Å². The second kappa shape index (κ2) is 6.83. The van der Waals surface area contributed by atoms with Crippen molar-refractivity contribution in [3.8, 4) is 0 Å². The molecule has 0 aliphatic heterocycles. The van der Waals surface area contributed by atoms with Crippen LogP contribution in [-0.2, 0) is 17.1 Å². The first-order chi connectivity index (χ1) is 8.06. The first kappa shape index (κ1) is 14.3. The van der Waals surface area contributed by atoms with Crippen molar-refractivity contribution in [1.82, 2.24) is 14.5 Å². The molecule has 0 radical (unpaired) electrons. The van der Waals surface area contributed by atoms with Gasteiger partial charge in [0.2, 0.25) is 10.0 Å². The fourth-order valence-electron chi connectivity index (χ4n) is 1.12. The van der Waals surface area contributed by atoms with Gasteiger partial charge in [0.1, 0.15) is 4.90 Å². The number of thioether (sulfide) groups is 1. The third-order valence-electron chi connectivity index (χ3n) is 1.98. The van der Waals surface area contributed by atoms with Gasteiger partial charge in [-0.3, -0.25) is 4.68 Å². The molecule has 0 amide bonds. The summed E-state index contributed by atoms with van der Waals surface area (Å²) in [5.41, 5.74) is 0. The quantitative estimate of drug-likeness (QED) is 0.596. The molecule has 1 rings (SSSR count). The fraction of sp³-hybridized carbons (Fsp3) is 0.500. The second-order valence-corrected chi connectivity index (χ2v) is 6.31. The number of sulfonamides is 1. The molecule has 0 bridgehead atoms. The average molecular weight is 275 g/mol. The SMILES string of the molecule is CC=CCSCCNS(=O)(=O)c1cnn(C)c1. The zero-order valence-corrected chi connectivity index (χ0v) is 11.6. The average Bonchev–Trinajstić information content (AvgIpc) is 2.71. The summed E-state index contributed by atoms with van der Waals surface area (Å²) in [6, 6.07) is 0. The van der Waals surface area contributed by atoms with E-state index in [2.05, 4.69) is 9.82 Å². The van der Waals surface area contributed by atoms with Gasteiger partial charge in [-0.15, -0.1) is 0 Å². The zero-order chi connectivity index (χ0) is 12.7. The zero-order valence-electron chi connectivity index (χ0n) is 9.96. The van der Waals surface area contributed by atoms with E-state index in [1.165, 1.54) is 17.1 Å². The second-order valence-electron chi connectivity index (χ2n) is 3.39. The van der Waals surface area contributed by atoms with Crippen molar-refractivity contribution in [2.45, 2.75) is 11.8 Å². The molecule has 0 spiro atoms. The van der Waals surface area contributed by atoms with Crippen LogP contribution >= 0.6 is 11.8 Å². The highest BCUT2D eigenvalue weighted by Crippen LogP contribution is 2.06. The number of rotatable bonds is 7. The predicted molar refractivity (Wildman–Crippen MR) is 70.5 cm³/mol. The van der Waals surface area contributed by atoms with Crippen LogP contribution in [0.5, 0.6) is 0 Å². The van der Waals surface area contributed by atoms with Crippen LogP contribution in [0.1, 0.15) is 6.92 Å². The summed E-state index contributed by atoms with van der Waals surface area (Å²) >= 11 is 1.68. The number of aromatic nitrogens is 2. The molecule has 7 heteroatoms. The van der Waals surface area contributed by atoms with Crippen molar-refractivity contribution in [3.63, 3.8) is 0 Å². The summed E-state index contributed by atoms with van der Waals surface area (Å²) in [6.07, 6.45) is 6.84. The molecule has 17 heavy (non-hydrogen) atoms. The maximum Gasteiger partial charge on any atom is 0.243 e. The monoisotopic (exact) mass is 275 g/mol. The van der Waals surface area contributed by atoms with E-state index in [0.29, 0.717) is 6.54 Å². The van der Waals surface area contributed by atoms with Crippen molar-refractivity contribution in [3.05, 3.63) is 24.5 Å². The molecule has 1 aromatic heterocycles. The Labute approximate surface area is 106 Å². The fourth-order valence-corrected chi connectivity index (χ4v) is 3.00. The van der Waals surface area contributed by atoms with E-state index in [1.54, 1.807) is 18.8 Å². The molecule has 1 heterocycles. The Morgan fingerprint density at radius 3 is 2.94 bits per heavy atom. The molecule has 0 unspecified atom stereocenters. The Morgan fingerprint density at radius 2 is 2.35 bits per heavy atom. The van der Waals surface area contributed by atoms with Gasteiger partial charge >= 0.3 is 0 Å². The van der Waals surface area contributed by atoms with Gasteiger partial charge in [0.25, 0.3) is 0 Å². The molecular formula is C10H17N3O2S2. The van der Waals surface area contributed by atoms with Gasteiger partial charge in [-0.1, -0.05) is 12.2 Å². The number of allylic oxidation sites excluding steroid dienone is 1. The van der Waals surface area contributed by atoms with Gasteiger partial charge in [0.05, 0.1) is 6.20 Å². The minimum Gasteiger partial charge on any atom is -0.274 e. The van der Waals surface area contributed by atoms with Gasteiger partial charge in [0, 0.05) is 31.3 Å². The largest absolute Gasteiger partial charge is 0.274 e. The minimum absolute atomic E-state index is 0.207. The molecule has 1 N–H and O–H groups in total. The molecule has 0 saturated carbocycles. The van der Waals surface area contributed by atoms with Crippen molar-refractivity contribution < 1.29 is 8.42 Å². The third kappa shape index (κ3) is 4.93. The van der Waals surface area contributed by atoms with E-state index in [4.69, 9.17) is 0 Å². The maximum absolute atomic E-state index is 11.7. The minimum atomic E-state index is -3.40. The van der Waals surface area contributed by atoms with Crippen LogP contribution in [-0.4, -0.2) is 36.2 Å². The predicted octanol–water partition coefficient (Wildman–Crippen LogP) is 1.01. The van der Waals surface area contributed by atoms with Crippen LogP contribution in [0.15, 0.2) is 29.4 Å². The van der Waals surface area contributed by atoms with E-state index < -0.39 is 10.0 Å². The van der Waals surface area contributed by atoms with E-state index in [9.17, 15) is 8.42 Å². The molecule has 0 aliphatic carbocycles. The Morgan fingerprint density at radius 1 is 1.59 bits per heavy atom. The topological polar surface area (TPSA) is 64.0 Å². The smallest absolute Gasteiger partial charge is 0.243 e. The number of hydrogen-bond acceptors (Lipinski definition) is 4. The van der Waals surface area contributed by atoms with Gasteiger partial charge < -0.3 is 0 Å². The highest BCUT2D eigenvalue weighted by molar-refractivity contribution is 7.99. The highest BCUT2D eigenvalue weighted by Gasteiger charge is 2.14. The Balaban J connectivity index is 2.36. The number of hydrogen-bond donors (Lipinski definition) is 1. The molecule has 1 aromatic rings. The lowest BCUT2D eigenvalue weighted by atomic mass is 10.6. The van der Waals surface area contributed by atoms with Gasteiger partial charge in [-0.05, 0) is 6.92 Å². The summed E-state index contributed by atoms with van der Waals surface area (Å²) in [6.45, 7) is 2.39. The molecule has 0 fully saturated rings. The molecule has 0 atom stereocenters. The van der Waals surface area contributed by atoms with Crippen molar-refractivity contribution in [1.29, 1.82) is 0 Å². The van der Waals surface area contributed by atoms with Crippen LogP contribution in [0.4, 0.5) is 0 Å². The Bertz CT molecular complexity index is 466. The van der Waals surface area contributed by atoms with Crippen LogP contribution in [0.2, 0.25) is 0 Å². The lowest BCUT2D eigenvalue weighted by Crippen LogP contribution is -2.25. The number of nitrogens with zero attached hydrogens (tertiary/aromatic N) is 2. The summed E-state index contributed by atoms with van der Waals surface area (Å²) in [4.78, 5) is 0.207. The molecule has 0 aliphatic rings. The number of nitrogens with one attached hydrogen (secondary N) is 1. The standard InChI is InChI=1S/C10H17N3O2S2/c1-3-4-6-16-7-5-12-17(14,15)10-8-11-13(2)9-10/h3-4,8-9,12H,5-7H2,1-2H3. The first-order valence-electron chi connectivity index (χ1n) is 5.23. The van der Waals surface area contributed by atoms with Crippen LogP contribution in [0.3, 0.4) is 0 Å². The van der Waals surface area contributed by atoms with Crippen molar-refractivity contribution in [2.75, 3.05) is 18.1 Å². The molecular weight excluding hydrogens is 258 g/mol. The van der Waals surface area contributed by atoms with Gasteiger partial charge in [-0.2, -0.15) is 16.9 Å². The molecule has 0 aromatic carbocycles. The highest BCUT2D eigenvalue weighted by atomic mass is 32.2. The van der Waals surface area contributed by atoms with Crippen molar-refractivity contribution in [2.24, 2.45) is 7.05 Å². The Kier molecular flexibility index (Phi) is 5.73. The summed E-state index contributed by atoms with van der Waals surface area (Å²) in [5.74, 6) is 1.66. The van der Waals surface area contributed by atoms with E-state index >= 15 is 0 Å². The molecule has 0 saturated heterocycles. The maximum atomic E-state index is 11.7.